The maximum atomic E-state index is 14.3. The Balaban J connectivity index is 1.64. The van der Waals surface area contributed by atoms with E-state index in [9.17, 15) is 14.4 Å². The van der Waals surface area contributed by atoms with Crippen molar-refractivity contribution in [3.05, 3.63) is 112 Å². The number of primary amides is 1. The van der Waals surface area contributed by atoms with Crippen molar-refractivity contribution < 1.29 is 19.1 Å². The van der Waals surface area contributed by atoms with Gasteiger partial charge in [0.15, 0.2) is 5.69 Å². The molecule has 10 nitrogen and oxygen atoms in total. The number of methoxy groups -OCH3 is 1. The molecule has 212 valence electrons. The first-order chi connectivity index (χ1) is 20.3. The van der Waals surface area contributed by atoms with Crippen LogP contribution in [0.15, 0.2) is 85.1 Å². The first-order valence-corrected chi connectivity index (χ1v) is 13.7. The van der Waals surface area contributed by atoms with E-state index in [1.54, 1.807) is 55.8 Å². The molecule has 3 amide bonds. The summed E-state index contributed by atoms with van der Waals surface area (Å²) in [6, 6.07) is 22.5. The molecule has 2 aromatic heterocycles. The zero-order chi connectivity index (χ0) is 29.8. The molecule has 42 heavy (non-hydrogen) atoms. The molecule has 5 N–H and O–H groups in total. The third-order valence-electron chi connectivity index (χ3n) is 6.82. The van der Waals surface area contributed by atoms with Crippen molar-refractivity contribution in [3.8, 4) is 5.75 Å². The number of rotatable bonds is 9. The first-order valence-electron chi connectivity index (χ1n) is 13.0. The molecule has 0 fully saturated rings. The van der Waals surface area contributed by atoms with Crippen LogP contribution in [0.2, 0.25) is 0 Å². The fourth-order valence-electron chi connectivity index (χ4n) is 4.65. The summed E-state index contributed by atoms with van der Waals surface area (Å²) >= 11 is 0.761. The fourth-order valence-corrected chi connectivity index (χ4v) is 5.39. The largest absolute Gasteiger partial charge is 0.497 e. The molecule has 0 unspecified atom stereocenters. The van der Waals surface area contributed by atoms with Crippen LogP contribution in [0.4, 0.5) is 11.4 Å². The fraction of sp³-hybridized carbons (Fsp3) is 0.129. The second kappa shape index (κ2) is 12.1. The molecule has 0 bridgehead atoms. The summed E-state index contributed by atoms with van der Waals surface area (Å²) in [6.45, 7) is 2.05. The van der Waals surface area contributed by atoms with E-state index in [-0.39, 0.29) is 22.8 Å². The Hall–Kier alpha value is -5.29. The number of anilines is 2. The van der Waals surface area contributed by atoms with Gasteiger partial charge in [0, 0.05) is 23.8 Å². The maximum absolute atomic E-state index is 14.3. The summed E-state index contributed by atoms with van der Waals surface area (Å²) < 4.78 is 9.25. The van der Waals surface area contributed by atoms with Crippen molar-refractivity contribution in [1.82, 2.24) is 14.7 Å². The summed E-state index contributed by atoms with van der Waals surface area (Å²) in [5.74, 6) is -1.17. The molecule has 3 aromatic carbocycles. The molecule has 0 spiro atoms. The topological polar surface area (TPSA) is 154 Å². The number of aryl methyl sites for hydroxylation is 1. The average Bonchev–Trinajstić information content (AvgIpc) is 3.40. The van der Waals surface area contributed by atoms with E-state index >= 15 is 0 Å². The second-order valence-electron chi connectivity index (χ2n) is 9.52. The van der Waals surface area contributed by atoms with Crippen LogP contribution in [0.5, 0.6) is 5.75 Å². The lowest BCUT2D eigenvalue weighted by atomic mass is 9.99. The number of benzene rings is 3. The molecule has 0 aliphatic carbocycles. The highest BCUT2D eigenvalue weighted by atomic mass is 32.1. The number of aromatic nitrogens is 2. The van der Waals surface area contributed by atoms with Crippen molar-refractivity contribution in [2.75, 3.05) is 17.7 Å². The highest BCUT2D eigenvalue weighted by Crippen LogP contribution is 2.35. The number of carbonyl (C=O) groups excluding carboxylic acids is 3. The number of amides is 3. The predicted octanol–water partition coefficient (Wildman–Crippen LogP) is 4.39. The number of para-hydroxylation sites is 1. The van der Waals surface area contributed by atoms with Crippen LogP contribution in [-0.4, -0.2) is 34.2 Å². The van der Waals surface area contributed by atoms with E-state index in [0.717, 1.165) is 33.6 Å². The number of hydrogen-bond acceptors (Lipinski definition) is 8. The van der Waals surface area contributed by atoms with Gasteiger partial charge in [0.1, 0.15) is 16.7 Å². The summed E-state index contributed by atoms with van der Waals surface area (Å²) in [5.41, 5.74) is 14.7. The first kappa shape index (κ1) is 28.2. The van der Waals surface area contributed by atoms with Crippen molar-refractivity contribution >= 4 is 51.5 Å². The van der Waals surface area contributed by atoms with Gasteiger partial charge in [-0.2, -0.15) is 4.37 Å². The summed E-state index contributed by atoms with van der Waals surface area (Å²) in [7, 11) is 1.58. The minimum Gasteiger partial charge on any atom is -0.497 e. The quantitative estimate of drug-likeness (QED) is 0.234. The molecule has 0 aliphatic rings. The van der Waals surface area contributed by atoms with Crippen molar-refractivity contribution in [2.45, 2.75) is 19.5 Å². The average molecular weight is 581 g/mol. The Kier molecular flexibility index (Phi) is 8.12. The third-order valence-corrected chi connectivity index (χ3v) is 7.68. The molecular formula is C31H28N6O4S. The van der Waals surface area contributed by atoms with Crippen molar-refractivity contribution in [1.29, 1.82) is 0 Å². The number of pyridine rings is 1. The predicted molar refractivity (Wildman–Crippen MR) is 162 cm³/mol. The van der Waals surface area contributed by atoms with E-state index in [4.69, 9.17) is 16.2 Å². The highest BCUT2D eigenvalue weighted by Gasteiger charge is 2.36. The zero-order valence-electron chi connectivity index (χ0n) is 22.9. The molecule has 11 heteroatoms. The lowest BCUT2D eigenvalue weighted by Crippen LogP contribution is -2.44. The third kappa shape index (κ3) is 5.63. The van der Waals surface area contributed by atoms with Crippen LogP contribution in [-0.2, 0) is 11.3 Å². The number of ether oxygens (including phenoxy) is 1. The smallest absolute Gasteiger partial charge is 0.273 e. The molecule has 0 saturated carbocycles. The SMILES string of the molecule is COc1ccc(CNC(=O)[C@@H](c2ccc3ncccc3c2)N(C(=O)c2snc(C(N)=O)c2N)c2ccccc2C)cc1. The molecule has 1 atom stereocenters. The summed E-state index contributed by atoms with van der Waals surface area (Å²) in [6.07, 6.45) is 1.69. The number of fused-ring (bicyclic) bond motifs is 1. The van der Waals surface area contributed by atoms with Gasteiger partial charge in [0.25, 0.3) is 11.8 Å². The van der Waals surface area contributed by atoms with E-state index in [0.29, 0.717) is 17.0 Å². The lowest BCUT2D eigenvalue weighted by Gasteiger charge is -2.32. The standard InChI is InChI=1S/C31H28N6O4S/c1-18-6-3-4-8-24(18)37(31(40)28-25(32)26(29(33)38)36-42-28)27(21-11-14-23-20(16-21)7-5-15-34-23)30(39)35-17-19-9-12-22(41-2)13-10-19/h3-16,27H,17,32H2,1-2H3,(H2,33,38)(H,35,39)/t27-/m1/s1. The molecule has 2 heterocycles. The highest BCUT2D eigenvalue weighted by molar-refractivity contribution is 7.09. The van der Waals surface area contributed by atoms with Gasteiger partial charge < -0.3 is 21.5 Å². The van der Waals surface area contributed by atoms with Gasteiger partial charge in [-0.3, -0.25) is 24.3 Å². The lowest BCUT2D eigenvalue weighted by molar-refractivity contribution is -0.122. The van der Waals surface area contributed by atoms with Crippen molar-refractivity contribution in [2.24, 2.45) is 5.73 Å². The number of nitrogens with one attached hydrogen (secondary N) is 1. The number of nitrogen functional groups attached to an aromatic ring is 1. The van der Waals surface area contributed by atoms with Crippen molar-refractivity contribution in [3.63, 3.8) is 0 Å². The molecule has 5 rings (SSSR count). The number of carbonyl (C=O) groups is 3. The van der Waals surface area contributed by atoms with E-state index in [2.05, 4.69) is 14.7 Å². The molecule has 5 aromatic rings. The van der Waals surface area contributed by atoms with E-state index in [1.165, 1.54) is 4.90 Å². The minimum atomic E-state index is -1.13. The Labute approximate surface area is 246 Å². The van der Waals surface area contributed by atoms with Crippen LogP contribution in [0.3, 0.4) is 0 Å². The van der Waals surface area contributed by atoms with Gasteiger partial charge in [0.2, 0.25) is 5.91 Å². The van der Waals surface area contributed by atoms with Gasteiger partial charge in [-0.1, -0.05) is 42.5 Å². The number of hydrogen-bond donors (Lipinski definition) is 3. The molecule has 0 saturated heterocycles. The van der Waals surface area contributed by atoms with Crippen LogP contribution in [0, 0.1) is 6.92 Å². The van der Waals surface area contributed by atoms with Crippen LogP contribution in [0.25, 0.3) is 10.9 Å². The second-order valence-corrected chi connectivity index (χ2v) is 10.3. The van der Waals surface area contributed by atoms with Crippen LogP contribution in [0.1, 0.15) is 42.9 Å². The van der Waals surface area contributed by atoms with E-state index < -0.39 is 23.8 Å². The Morgan fingerprint density at radius 2 is 1.79 bits per heavy atom. The zero-order valence-corrected chi connectivity index (χ0v) is 23.7. The summed E-state index contributed by atoms with van der Waals surface area (Å²) in [4.78, 5) is 46.2. The Morgan fingerprint density at radius 1 is 1.02 bits per heavy atom. The Bertz CT molecular complexity index is 1790. The monoisotopic (exact) mass is 580 g/mol. The summed E-state index contributed by atoms with van der Waals surface area (Å²) in [5, 5.41) is 3.79. The van der Waals surface area contributed by atoms with Gasteiger partial charge in [0.05, 0.1) is 18.3 Å². The molecular weight excluding hydrogens is 552 g/mol. The molecule has 0 aliphatic heterocycles. The van der Waals surface area contributed by atoms with Gasteiger partial charge in [-0.15, -0.1) is 0 Å². The Morgan fingerprint density at radius 3 is 2.48 bits per heavy atom. The maximum Gasteiger partial charge on any atom is 0.273 e. The number of nitrogens with two attached hydrogens (primary N) is 2. The minimum absolute atomic E-state index is 0.00228. The molecule has 0 radical (unpaired) electrons. The van der Waals surface area contributed by atoms with Crippen LogP contribution >= 0.6 is 11.5 Å². The van der Waals surface area contributed by atoms with Gasteiger partial charge >= 0.3 is 0 Å². The van der Waals surface area contributed by atoms with Crippen LogP contribution < -0.4 is 26.4 Å². The van der Waals surface area contributed by atoms with E-state index in [1.807, 2.05) is 43.3 Å². The van der Waals surface area contributed by atoms with Gasteiger partial charge in [-0.25, -0.2) is 0 Å². The normalized spacial score (nSPS) is 11.6. The van der Waals surface area contributed by atoms with Gasteiger partial charge in [-0.05, 0) is 71.5 Å². The number of nitrogens with zero attached hydrogens (tertiary/aromatic N) is 3.